The van der Waals surface area contributed by atoms with Crippen molar-refractivity contribution in [2.75, 3.05) is 0 Å². The van der Waals surface area contributed by atoms with E-state index in [0.29, 0.717) is 8.83 Å². The lowest BCUT2D eigenvalue weighted by molar-refractivity contribution is 0.0891. The summed E-state index contributed by atoms with van der Waals surface area (Å²) >= 11 is 13.9. The number of rotatable bonds is 3. The van der Waals surface area contributed by atoms with E-state index in [9.17, 15) is 4.79 Å². The van der Waals surface area contributed by atoms with Crippen LogP contribution in [0.5, 0.6) is 0 Å². The fourth-order valence-electron chi connectivity index (χ4n) is 1.83. The Morgan fingerprint density at radius 1 is 1.41 bits per heavy atom. The summed E-state index contributed by atoms with van der Waals surface area (Å²) in [4.78, 5) is 13.0. The van der Waals surface area contributed by atoms with Crippen molar-refractivity contribution in [1.82, 2.24) is 9.58 Å². The molecule has 3 rings (SSSR count). The molecule has 8 heteroatoms. The van der Waals surface area contributed by atoms with E-state index < -0.39 is 0 Å². The van der Waals surface area contributed by atoms with Crippen LogP contribution >= 0.6 is 46.9 Å². The Balaban J connectivity index is 1.60. The van der Waals surface area contributed by atoms with Crippen LogP contribution in [-0.4, -0.2) is 20.7 Å². The van der Waals surface area contributed by atoms with Gasteiger partial charge >= 0.3 is 0 Å². The van der Waals surface area contributed by atoms with Gasteiger partial charge in [-0.25, -0.2) is 0 Å². The number of hydrogen-bond donors (Lipinski definition) is 0. The summed E-state index contributed by atoms with van der Waals surface area (Å²) in [6, 6.07) is 7.65. The maximum absolute atomic E-state index is 12.4. The van der Waals surface area contributed by atoms with E-state index in [-0.39, 0.29) is 5.91 Å². The lowest BCUT2D eigenvalue weighted by Gasteiger charge is -2.01. The first-order valence-corrected chi connectivity index (χ1v) is 9.03. The third-order valence-electron chi connectivity index (χ3n) is 3.29. The zero-order chi connectivity index (χ0) is 15.9. The van der Waals surface area contributed by atoms with Crippen molar-refractivity contribution in [3.05, 3.63) is 49.4 Å². The molecule has 0 fully saturated rings. The van der Waals surface area contributed by atoms with E-state index in [4.69, 9.17) is 23.8 Å². The number of nitrogens with zero attached hydrogens (tertiary/aromatic N) is 3. The number of thiazole rings is 1. The van der Waals surface area contributed by atoms with Gasteiger partial charge in [-0.1, -0.05) is 46.8 Å². The minimum atomic E-state index is -0.104. The van der Waals surface area contributed by atoms with Crippen molar-refractivity contribution < 1.29 is 4.79 Å². The summed E-state index contributed by atoms with van der Waals surface area (Å²) < 4.78 is 2.54. The first kappa shape index (κ1) is 15.7. The number of hydrazone groups is 1. The highest BCUT2D eigenvalue weighted by Gasteiger charge is 2.34. The van der Waals surface area contributed by atoms with Gasteiger partial charge in [0.2, 0.25) is 5.17 Å². The van der Waals surface area contributed by atoms with Gasteiger partial charge in [-0.2, -0.15) is 5.01 Å². The molecule has 0 radical (unpaired) electrons. The van der Waals surface area contributed by atoms with Gasteiger partial charge in [0.05, 0.1) is 0 Å². The third kappa shape index (κ3) is 3.12. The number of amides is 1. The molecule has 2 heterocycles. The molecule has 1 aromatic heterocycles. The Morgan fingerprint density at radius 3 is 2.68 bits per heavy atom. The molecule has 4 nitrogen and oxygen atoms in total. The molecule has 0 saturated carbocycles. The summed E-state index contributed by atoms with van der Waals surface area (Å²) in [6.07, 6.45) is 0. The molecule has 1 aliphatic rings. The van der Waals surface area contributed by atoms with Gasteiger partial charge in [0.15, 0.2) is 3.95 Å². The lowest BCUT2D eigenvalue weighted by Crippen LogP contribution is -2.15. The number of thioether (sulfide) groups is 1. The van der Waals surface area contributed by atoms with Crippen LogP contribution in [0.15, 0.2) is 29.4 Å². The number of benzene rings is 1. The van der Waals surface area contributed by atoms with Gasteiger partial charge in [-0.05, 0) is 36.8 Å². The van der Waals surface area contributed by atoms with E-state index in [0.717, 1.165) is 27.2 Å². The monoisotopic (exact) mass is 369 g/mol. The quantitative estimate of drug-likeness (QED) is 0.750. The predicted molar refractivity (Wildman–Crippen MR) is 95.2 cm³/mol. The van der Waals surface area contributed by atoms with E-state index in [1.54, 1.807) is 0 Å². The van der Waals surface area contributed by atoms with Gasteiger partial charge < -0.3 is 4.57 Å². The fraction of sp³-hybridized carbons (Fsp3) is 0.214. The molecule has 1 amide bonds. The molecule has 0 saturated heterocycles. The second-order valence-electron chi connectivity index (χ2n) is 4.76. The van der Waals surface area contributed by atoms with Crippen LogP contribution < -0.4 is 0 Å². The fourth-order valence-corrected chi connectivity index (χ4v) is 4.08. The topological polar surface area (TPSA) is 37.4 Å². The summed E-state index contributed by atoms with van der Waals surface area (Å²) in [5.74, 6) is 0.649. The first-order chi connectivity index (χ1) is 10.5. The van der Waals surface area contributed by atoms with Gasteiger partial charge in [0.1, 0.15) is 4.88 Å². The van der Waals surface area contributed by atoms with Crippen molar-refractivity contribution in [3.63, 3.8) is 0 Å². The molecule has 2 aromatic rings. The molecular formula is C14H12ClN3OS3. The van der Waals surface area contributed by atoms with Crippen molar-refractivity contribution in [1.29, 1.82) is 0 Å². The molecular weight excluding hydrogens is 358 g/mol. The standard InChI is InChI=1S/C14H12ClN3OS3/c1-8-11(22-14(20)17(8)2)12(19)18-13(16-18)21-7-9-3-5-10(15)6-4-9/h3-6H,7H2,1-2H3. The highest BCUT2D eigenvalue weighted by atomic mass is 35.5. The number of amidine groups is 1. The Morgan fingerprint density at radius 2 is 2.09 bits per heavy atom. The van der Waals surface area contributed by atoms with Crippen LogP contribution in [0.2, 0.25) is 5.02 Å². The second-order valence-corrected chi connectivity index (χ2v) is 7.78. The third-order valence-corrected chi connectivity index (χ3v) is 6.18. The van der Waals surface area contributed by atoms with Crippen LogP contribution in [-0.2, 0) is 12.8 Å². The second kappa shape index (κ2) is 6.16. The van der Waals surface area contributed by atoms with Crippen LogP contribution in [0.3, 0.4) is 0 Å². The minimum Gasteiger partial charge on any atom is -0.330 e. The van der Waals surface area contributed by atoms with Gasteiger partial charge in [0, 0.05) is 23.5 Å². The summed E-state index contributed by atoms with van der Waals surface area (Å²) in [5, 5.41) is 7.04. The van der Waals surface area contributed by atoms with Crippen molar-refractivity contribution in [3.8, 4) is 0 Å². The molecule has 114 valence electrons. The minimum absolute atomic E-state index is 0.104. The Bertz CT molecular complexity index is 823. The molecule has 0 N–H and O–H groups in total. The largest absolute Gasteiger partial charge is 0.330 e. The Kier molecular flexibility index (Phi) is 4.40. The van der Waals surface area contributed by atoms with E-state index >= 15 is 0 Å². The van der Waals surface area contributed by atoms with E-state index in [1.165, 1.54) is 28.1 Å². The molecule has 0 atom stereocenters. The maximum atomic E-state index is 12.4. The molecule has 1 aliphatic heterocycles. The molecule has 0 spiro atoms. The molecule has 0 aliphatic carbocycles. The SMILES string of the molecule is Cc1c(C(=O)N2N=C2SCc2ccc(Cl)cc2)sc(=S)n1C. The average molecular weight is 370 g/mol. The normalized spacial score (nSPS) is 13.2. The summed E-state index contributed by atoms with van der Waals surface area (Å²) in [5.41, 5.74) is 2.02. The molecule has 1 aromatic carbocycles. The Labute approximate surface area is 146 Å². The van der Waals surface area contributed by atoms with Crippen LogP contribution in [0, 0.1) is 10.9 Å². The summed E-state index contributed by atoms with van der Waals surface area (Å²) in [6.45, 7) is 1.89. The smallest absolute Gasteiger partial charge is 0.292 e. The highest BCUT2D eigenvalue weighted by Crippen LogP contribution is 2.30. The van der Waals surface area contributed by atoms with Crippen LogP contribution in [0.4, 0.5) is 0 Å². The van der Waals surface area contributed by atoms with Gasteiger partial charge in [0.25, 0.3) is 5.91 Å². The Hall–Kier alpha value is -1.15. The number of hydrogen-bond acceptors (Lipinski definition) is 5. The van der Waals surface area contributed by atoms with Gasteiger partial charge in [-0.3, -0.25) is 4.79 Å². The van der Waals surface area contributed by atoms with Crippen molar-refractivity contribution in [2.24, 2.45) is 12.1 Å². The van der Waals surface area contributed by atoms with Crippen LogP contribution in [0.25, 0.3) is 0 Å². The number of aromatic nitrogens is 1. The molecule has 22 heavy (non-hydrogen) atoms. The van der Waals surface area contributed by atoms with E-state index in [2.05, 4.69) is 5.10 Å². The van der Waals surface area contributed by atoms with Crippen LogP contribution in [0.1, 0.15) is 20.9 Å². The zero-order valence-corrected chi connectivity index (χ0v) is 15.1. The first-order valence-electron chi connectivity index (χ1n) is 6.44. The van der Waals surface area contributed by atoms with Crippen molar-refractivity contribution in [2.45, 2.75) is 12.7 Å². The highest BCUT2D eigenvalue weighted by molar-refractivity contribution is 8.13. The molecule has 0 bridgehead atoms. The maximum Gasteiger partial charge on any atom is 0.292 e. The van der Waals surface area contributed by atoms with Gasteiger partial charge in [-0.15, -0.1) is 5.10 Å². The summed E-state index contributed by atoms with van der Waals surface area (Å²) in [7, 11) is 1.87. The number of carbonyl (C=O) groups excluding carboxylic acids is 1. The van der Waals surface area contributed by atoms with E-state index in [1.807, 2.05) is 42.8 Å². The predicted octanol–water partition coefficient (Wildman–Crippen LogP) is 4.44. The number of carbonyl (C=O) groups is 1. The number of halogens is 1. The van der Waals surface area contributed by atoms with Crippen molar-refractivity contribution >= 4 is 58.0 Å². The zero-order valence-electron chi connectivity index (χ0n) is 11.9. The average Bonchev–Trinajstić information content (AvgIpc) is 3.24. The molecule has 0 unspecified atom stereocenters. The lowest BCUT2D eigenvalue weighted by atomic mass is 10.2.